The average Bonchev–Trinajstić information content (AvgIpc) is 2.87. The number of rotatable bonds is 7. The van der Waals surface area contributed by atoms with Crippen molar-refractivity contribution in [1.82, 2.24) is 0 Å². The molecule has 0 radical (unpaired) electrons. The summed E-state index contributed by atoms with van der Waals surface area (Å²) in [4.78, 5) is 24.7. The van der Waals surface area contributed by atoms with Gasteiger partial charge in [0.05, 0.1) is 0 Å². The van der Waals surface area contributed by atoms with Crippen LogP contribution >= 0.6 is 0 Å². The molecule has 0 fully saturated rings. The van der Waals surface area contributed by atoms with E-state index >= 15 is 0 Å². The summed E-state index contributed by atoms with van der Waals surface area (Å²) in [6.07, 6.45) is 6.86. The van der Waals surface area contributed by atoms with E-state index in [-0.39, 0.29) is 11.6 Å². The molecule has 0 saturated heterocycles. The van der Waals surface area contributed by atoms with Gasteiger partial charge >= 0.3 is 0 Å². The molecule has 0 saturated carbocycles. The molecule has 160 valence electrons. The second-order valence-electron chi connectivity index (χ2n) is 7.87. The third-order valence-corrected chi connectivity index (χ3v) is 5.40. The average molecular weight is 429 g/mol. The van der Waals surface area contributed by atoms with Crippen molar-refractivity contribution in [3.8, 4) is 11.1 Å². The lowest BCUT2D eigenvalue weighted by Gasteiger charge is -2.04. The second kappa shape index (κ2) is 10.3. The molecule has 0 atom stereocenters. The highest BCUT2D eigenvalue weighted by atomic mass is 16.1. The Bertz CT molecular complexity index is 1290. The maximum absolute atomic E-state index is 12.5. The molecule has 0 aliphatic heterocycles. The van der Waals surface area contributed by atoms with Crippen molar-refractivity contribution in [2.75, 3.05) is 0 Å². The highest BCUT2D eigenvalue weighted by molar-refractivity contribution is 6.07. The molecule has 0 N–H and O–H groups in total. The first-order valence-electron chi connectivity index (χ1n) is 10.9. The maximum Gasteiger partial charge on any atom is 0.185 e. The predicted molar refractivity (Wildman–Crippen MR) is 136 cm³/mol. The van der Waals surface area contributed by atoms with E-state index in [4.69, 9.17) is 0 Å². The largest absolute Gasteiger partial charge is 0.289 e. The fraction of sp³-hybridized carbons (Fsp3) is 0.0323. The Morgan fingerprint density at radius 2 is 0.939 bits per heavy atom. The van der Waals surface area contributed by atoms with Gasteiger partial charge in [0.1, 0.15) is 0 Å². The van der Waals surface area contributed by atoms with Crippen molar-refractivity contribution < 1.29 is 9.59 Å². The van der Waals surface area contributed by atoms with Gasteiger partial charge in [0, 0.05) is 11.1 Å². The molecule has 0 amide bonds. The van der Waals surface area contributed by atoms with Gasteiger partial charge < -0.3 is 0 Å². The number of benzene rings is 4. The summed E-state index contributed by atoms with van der Waals surface area (Å²) in [6.45, 7) is 2.04. The Labute approximate surface area is 194 Å². The molecule has 0 heterocycles. The van der Waals surface area contributed by atoms with Crippen molar-refractivity contribution >= 4 is 23.7 Å². The van der Waals surface area contributed by atoms with Crippen LogP contribution in [0.4, 0.5) is 0 Å². The van der Waals surface area contributed by atoms with Crippen molar-refractivity contribution in [2.24, 2.45) is 0 Å². The van der Waals surface area contributed by atoms with Gasteiger partial charge in [0.25, 0.3) is 0 Å². The molecule has 0 aromatic heterocycles. The smallest absolute Gasteiger partial charge is 0.185 e. The Balaban J connectivity index is 1.40. The van der Waals surface area contributed by atoms with Crippen LogP contribution < -0.4 is 0 Å². The number of hydrogen-bond acceptors (Lipinski definition) is 2. The Hall–Kier alpha value is -4.30. The summed E-state index contributed by atoms with van der Waals surface area (Å²) >= 11 is 0. The lowest BCUT2D eigenvalue weighted by atomic mass is 10.0. The molecule has 0 unspecified atom stereocenters. The molecule has 33 heavy (non-hydrogen) atoms. The summed E-state index contributed by atoms with van der Waals surface area (Å²) in [5.41, 5.74) is 6.57. The van der Waals surface area contributed by atoms with Crippen LogP contribution in [-0.2, 0) is 0 Å². The molecule has 2 nitrogen and oxygen atoms in total. The van der Waals surface area contributed by atoms with Gasteiger partial charge in [-0.05, 0) is 41.3 Å². The van der Waals surface area contributed by atoms with Crippen molar-refractivity contribution in [3.05, 3.63) is 143 Å². The highest BCUT2D eigenvalue weighted by Gasteiger charge is 2.04. The Morgan fingerprint density at radius 1 is 0.515 bits per heavy atom. The molecular weight excluding hydrogens is 404 g/mol. The zero-order valence-corrected chi connectivity index (χ0v) is 18.4. The molecule has 0 spiro atoms. The van der Waals surface area contributed by atoms with Gasteiger partial charge in [-0.25, -0.2) is 0 Å². The fourth-order valence-corrected chi connectivity index (χ4v) is 3.43. The van der Waals surface area contributed by atoms with Crippen LogP contribution in [-0.4, -0.2) is 11.6 Å². The minimum absolute atomic E-state index is 0.0173. The fourth-order valence-electron chi connectivity index (χ4n) is 3.43. The van der Waals surface area contributed by atoms with Gasteiger partial charge in [-0.2, -0.15) is 0 Å². The van der Waals surface area contributed by atoms with Gasteiger partial charge in [0.2, 0.25) is 0 Å². The standard InChI is InChI=1S/C31H24O2/c1-23-7-9-24(10-8-23)13-22-31(33)29-19-17-27(18-20-29)26-15-11-25(12-16-26)14-21-30(32)28-5-3-2-4-6-28/h2-22H,1H3/b21-14+,22-13+. The first-order valence-corrected chi connectivity index (χ1v) is 10.9. The van der Waals surface area contributed by atoms with E-state index < -0.39 is 0 Å². The number of aryl methyl sites for hydroxylation is 1. The number of carbonyl (C=O) groups excluding carboxylic acids is 2. The van der Waals surface area contributed by atoms with Crippen LogP contribution in [0.2, 0.25) is 0 Å². The van der Waals surface area contributed by atoms with E-state index in [1.165, 1.54) is 5.56 Å². The third kappa shape index (κ3) is 5.90. The summed E-state index contributed by atoms with van der Waals surface area (Å²) in [5, 5.41) is 0. The third-order valence-electron chi connectivity index (χ3n) is 5.40. The van der Waals surface area contributed by atoms with Gasteiger partial charge in [0.15, 0.2) is 11.6 Å². The highest BCUT2D eigenvalue weighted by Crippen LogP contribution is 2.21. The van der Waals surface area contributed by atoms with E-state index in [0.29, 0.717) is 11.1 Å². The zero-order valence-electron chi connectivity index (χ0n) is 18.4. The monoisotopic (exact) mass is 428 g/mol. The van der Waals surface area contributed by atoms with E-state index in [0.717, 1.165) is 22.3 Å². The summed E-state index contributed by atoms with van der Waals surface area (Å²) < 4.78 is 0. The first kappa shape index (κ1) is 21.9. The minimum atomic E-state index is -0.0225. The second-order valence-corrected chi connectivity index (χ2v) is 7.87. The van der Waals surface area contributed by atoms with E-state index in [1.807, 2.05) is 122 Å². The Morgan fingerprint density at radius 3 is 1.45 bits per heavy atom. The van der Waals surface area contributed by atoms with Crippen LogP contribution in [0.3, 0.4) is 0 Å². The zero-order chi connectivity index (χ0) is 23.0. The van der Waals surface area contributed by atoms with Gasteiger partial charge in [-0.15, -0.1) is 0 Å². The maximum atomic E-state index is 12.5. The molecule has 0 aliphatic carbocycles. The molecule has 4 aromatic rings. The molecule has 4 rings (SSSR count). The minimum Gasteiger partial charge on any atom is -0.289 e. The van der Waals surface area contributed by atoms with E-state index in [2.05, 4.69) is 0 Å². The lowest BCUT2D eigenvalue weighted by molar-refractivity contribution is 0.103. The number of hydrogen-bond donors (Lipinski definition) is 0. The predicted octanol–water partition coefficient (Wildman–Crippen LogP) is 7.45. The summed E-state index contributed by atoms with van der Waals surface area (Å²) in [5.74, 6) is -0.0398. The molecule has 0 bridgehead atoms. The van der Waals surface area contributed by atoms with Crippen LogP contribution in [0, 0.1) is 6.92 Å². The topological polar surface area (TPSA) is 34.1 Å². The van der Waals surface area contributed by atoms with Crippen molar-refractivity contribution in [2.45, 2.75) is 6.92 Å². The Kier molecular flexibility index (Phi) is 6.87. The molecule has 2 heteroatoms. The van der Waals surface area contributed by atoms with E-state index in [1.54, 1.807) is 12.2 Å². The lowest BCUT2D eigenvalue weighted by Crippen LogP contribution is -1.94. The molecule has 0 aliphatic rings. The van der Waals surface area contributed by atoms with Crippen molar-refractivity contribution in [1.29, 1.82) is 0 Å². The molecular formula is C31H24O2. The normalized spacial score (nSPS) is 11.2. The van der Waals surface area contributed by atoms with Crippen LogP contribution in [0.5, 0.6) is 0 Å². The van der Waals surface area contributed by atoms with E-state index in [9.17, 15) is 9.59 Å². The van der Waals surface area contributed by atoms with Crippen LogP contribution in [0.1, 0.15) is 37.4 Å². The SMILES string of the molecule is Cc1ccc(/C=C/C(=O)c2ccc(-c3ccc(/C=C/C(=O)c4ccccc4)cc3)cc2)cc1. The summed E-state index contributed by atoms with van der Waals surface area (Å²) in [6, 6.07) is 32.9. The first-order chi connectivity index (χ1) is 16.1. The number of ketones is 2. The van der Waals surface area contributed by atoms with Crippen LogP contribution in [0.25, 0.3) is 23.3 Å². The number of allylic oxidation sites excluding steroid dienone is 2. The number of carbonyl (C=O) groups is 2. The van der Waals surface area contributed by atoms with Gasteiger partial charge in [-0.3, -0.25) is 9.59 Å². The van der Waals surface area contributed by atoms with Crippen LogP contribution in [0.15, 0.2) is 115 Å². The quantitative estimate of drug-likeness (QED) is 0.226. The van der Waals surface area contributed by atoms with Gasteiger partial charge in [-0.1, -0.05) is 121 Å². The summed E-state index contributed by atoms with van der Waals surface area (Å²) in [7, 11) is 0. The van der Waals surface area contributed by atoms with Crippen molar-refractivity contribution in [3.63, 3.8) is 0 Å². The molecule has 4 aromatic carbocycles.